The summed E-state index contributed by atoms with van der Waals surface area (Å²) in [5, 5.41) is 5.88. The molecular formula is C30H28N6O4. The largest absolute Gasteiger partial charge is 0.394 e. The lowest BCUT2D eigenvalue weighted by molar-refractivity contribution is 0.0931. The number of amides is 2. The molecule has 0 bridgehead atoms. The van der Waals surface area contributed by atoms with Crippen LogP contribution in [0.5, 0.6) is 0 Å². The van der Waals surface area contributed by atoms with Crippen molar-refractivity contribution in [3.05, 3.63) is 108 Å². The fraction of sp³-hybridized carbons (Fsp3) is 0.267. The molecule has 6 rings (SSSR count). The molecule has 2 heterocycles. The maximum absolute atomic E-state index is 13.0. The zero-order valence-corrected chi connectivity index (χ0v) is 22.2. The zero-order chi connectivity index (χ0) is 28.1. The van der Waals surface area contributed by atoms with E-state index in [1.807, 2.05) is 18.2 Å². The van der Waals surface area contributed by atoms with Crippen LogP contribution in [0.25, 0.3) is 0 Å². The van der Waals surface area contributed by atoms with Crippen LogP contribution in [0.3, 0.4) is 0 Å². The summed E-state index contributed by atoms with van der Waals surface area (Å²) in [6.07, 6.45) is 3.65. The van der Waals surface area contributed by atoms with Gasteiger partial charge in [-0.25, -0.2) is 9.97 Å². The maximum atomic E-state index is 13.0. The highest BCUT2D eigenvalue weighted by Gasteiger charge is 2.30. The van der Waals surface area contributed by atoms with E-state index in [4.69, 9.17) is 5.73 Å². The number of nitrogen functional groups attached to an aromatic ring is 1. The number of aromatic nitrogens is 2. The molecule has 4 aromatic rings. The molecule has 1 aliphatic heterocycles. The Hall–Kier alpha value is -4.86. The van der Waals surface area contributed by atoms with E-state index in [0.29, 0.717) is 6.54 Å². The molecule has 0 spiro atoms. The topological polar surface area (TPSA) is 147 Å². The molecule has 10 nitrogen and oxygen atoms in total. The Kier molecular flexibility index (Phi) is 6.17. The third kappa shape index (κ3) is 4.21. The molecule has 40 heavy (non-hydrogen) atoms. The molecule has 4 N–H and O–H groups in total. The summed E-state index contributed by atoms with van der Waals surface area (Å²) in [5.41, 5.74) is 12.5. The minimum absolute atomic E-state index is 0.0116. The van der Waals surface area contributed by atoms with E-state index in [-0.39, 0.29) is 41.3 Å². The van der Waals surface area contributed by atoms with Crippen molar-refractivity contribution in [2.24, 2.45) is 0 Å². The molecule has 2 aliphatic rings. The fourth-order valence-corrected chi connectivity index (χ4v) is 5.69. The average molecular weight is 537 g/mol. The number of fused-ring (bicyclic) bond motifs is 2. The molecule has 0 radical (unpaired) electrons. The molecule has 3 aromatic carbocycles. The number of aryl methyl sites for hydroxylation is 1. The van der Waals surface area contributed by atoms with Crippen molar-refractivity contribution in [2.75, 3.05) is 17.2 Å². The lowest BCUT2D eigenvalue weighted by Crippen LogP contribution is -2.40. The van der Waals surface area contributed by atoms with E-state index in [1.165, 1.54) is 29.1 Å². The molecule has 1 aromatic heterocycles. The van der Waals surface area contributed by atoms with Crippen LogP contribution in [0.2, 0.25) is 0 Å². The number of carbonyl (C=O) groups is 2. The highest BCUT2D eigenvalue weighted by atomic mass is 16.2. The molecule has 0 saturated carbocycles. The second kappa shape index (κ2) is 9.71. The number of anilines is 3. The van der Waals surface area contributed by atoms with Gasteiger partial charge in [0.1, 0.15) is 29.1 Å². The van der Waals surface area contributed by atoms with Gasteiger partial charge in [0.05, 0.1) is 6.04 Å². The van der Waals surface area contributed by atoms with Crippen molar-refractivity contribution in [3.63, 3.8) is 0 Å². The van der Waals surface area contributed by atoms with Gasteiger partial charge in [-0.15, -0.1) is 0 Å². The quantitative estimate of drug-likeness (QED) is 0.318. The lowest BCUT2D eigenvalue weighted by atomic mass is 9.99. The molecule has 0 unspecified atom stereocenters. The zero-order valence-electron chi connectivity index (χ0n) is 22.2. The van der Waals surface area contributed by atoms with Crippen LogP contribution in [-0.2, 0) is 19.4 Å². The third-order valence-electron chi connectivity index (χ3n) is 8.09. The smallest absolute Gasteiger partial charge is 0.270 e. The first-order valence-corrected chi connectivity index (χ1v) is 13.2. The number of carbonyl (C=O) groups excluding carboxylic acids is 2. The Morgan fingerprint density at radius 3 is 2.55 bits per heavy atom. The molecule has 0 saturated heterocycles. The van der Waals surface area contributed by atoms with E-state index in [0.717, 1.165) is 41.6 Å². The normalized spacial score (nSPS) is 15.7. The van der Waals surface area contributed by atoms with Crippen molar-refractivity contribution >= 4 is 28.9 Å². The SMILES string of the molecule is Cc1ccc2c(c1C)CC[C@@H]2NC(=O)c1cc(C(=O)NCc2ccc3c(c2)N(c2c(N)c(=O)c2=O)CC3)ncn1. The molecule has 10 heteroatoms. The molecule has 2 amide bonds. The fourth-order valence-electron chi connectivity index (χ4n) is 5.69. The van der Waals surface area contributed by atoms with Crippen LogP contribution < -0.4 is 32.1 Å². The van der Waals surface area contributed by atoms with Gasteiger partial charge in [-0.2, -0.15) is 0 Å². The standard InChI is InChI=1S/C30H28N6O4/c1-15-3-6-20-19(16(15)2)7-8-21(20)35-30(40)23-12-22(33-14-34-23)29(39)32-13-17-4-5-18-9-10-36(24(18)11-17)26-25(31)27(37)28(26)38/h3-6,11-12,14,21H,7-10,13,31H2,1-2H3,(H,32,39)(H,35,40)/t21-/m0/s1. The summed E-state index contributed by atoms with van der Waals surface area (Å²) < 4.78 is 0. The van der Waals surface area contributed by atoms with Crippen LogP contribution >= 0.6 is 0 Å². The van der Waals surface area contributed by atoms with Crippen LogP contribution in [0.15, 0.2) is 52.3 Å². The maximum Gasteiger partial charge on any atom is 0.270 e. The van der Waals surface area contributed by atoms with Crippen LogP contribution in [0, 0.1) is 13.8 Å². The Balaban J connectivity index is 1.12. The van der Waals surface area contributed by atoms with Gasteiger partial charge < -0.3 is 21.3 Å². The monoisotopic (exact) mass is 536 g/mol. The van der Waals surface area contributed by atoms with E-state index >= 15 is 0 Å². The van der Waals surface area contributed by atoms with Crippen molar-refractivity contribution in [1.29, 1.82) is 0 Å². The van der Waals surface area contributed by atoms with Gasteiger partial charge in [0, 0.05) is 24.8 Å². The molecule has 0 fully saturated rings. The molecule has 202 valence electrons. The van der Waals surface area contributed by atoms with Gasteiger partial charge in [0.2, 0.25) is 0 Å². The van der Waals surface area contributed by atoms with E-state index in [1.54, 1.807) is 4.90 Å². The Morgan fingerprint density at radius 1 is 1.00 bits per heavy atom. The first kappa shape index (κ1) is 25.4. The van der Waals surface area contributed by atoms with Crippen molar-refractivity contribution in [2.45, 2.75) is 45.7 Å². The number of hydrogen-bond donors (Lipinski definition) is 3. The highest BCUT2D eigenvalue weighted by Crippen LogP contribution is 2.36. The third-order valence-corrected chi connectivity index (χ3v) is 8.09. The van der Waals surface area contributed by atoms with Gasteiger partial charge in [-0.1, -0.05) is 24.3 Å². The second-order valence-electron chi connectivity index (χ2n) is 10.4. The number of benzene rings is 2. The minimum Gasteiger partial charge on any atom is -0.394 e. The summed E-state index contributed by atoms with van der Waals surface area (Å²) in [5.74, 6) is -0.804. The van der Waals surface area contributed by atoms with Crippen LogP contribution in [-0.4, -0.2) is 28.3 Å². The summed E-state index contributed by atoms with van der Waals surface area (Å²) in [4.78, 5) is 59.5. The Morgan fingerprint density at radius 2 is 1.77 bits per heavy atom. The van der Waals surface area contributed by atoms with Gasteiger partial charge in [-0.3, -0.25) is 19.2 Å². The number of nitrogens with two attached hydrogens (primary N) is 1. The molecule has 1 atom stereocenters. The first-order chi connectivity index (χ1) is 19.2. The number of nitrogens with one attached hydrogen (secondary N) is 2. The number of nitrogens with zero attached hydrogens (tertiary/aromatic N) is 3. The van der Waals surface area contributed by atoms with Crippen LogP contribution in [0.4, 0.5) is 17.1 Å². The van der Waals surface area contributed by atoms with Crippen molar-refractivity contribution in [1.82, 2.24) is 20.6 Å². The van der Waals surface area contributed by atoms with E-state index in [9.17, 15) is 19.2 Å². The van der Waals surface area contributed by atoms with Crippen molar-refractivity contribution < 1.29 is 9.59 Å². The summed E-state index contributed by atoms with van der Waals surface area (Å²) >= 11 is 0. The molecule has 1 aliphatic carbocycles. The molecular weight excluding hydrogens is 508 g/mol. The first-order valence-electron chi connectivity index (χ1n) is 13.2. The van der Waals surface area contributed by atoms with Gasteiger partial charge >= 0.3 is 0 Å². The predicted molar refractivity (Wildman–Crippen MR) is 151 cm³/mol. The van der Waals surface area contributed by atoms with Gasteiger partial charge in [0.15, 0.2) is 0 Å². The average Bonchev–Trinajstić information content (AvgIpc) is 3.57. The summed E-state index contributed by atoms with van der Waals surface area (Å²) in [7, 11) is 0. The Labute approximate surface area is 230 Å². The lowest BCUT2D eigenvalue weighted by Gasteiger charge is -2.22. The summed E-state index contributed by atoms with van der Waals surface area (Å²) in [6, 6.07) is 11.1. The summed E-state index contributed by atoms with van der Waals surface area (Å²) in [6.45, 7) is 4.95. The predicted octanol–water partition coefficient (Wildman–Crippen LogP) is 2.31. The van der Waals surface area contributed by atoms with Gasteiger partial charge in [0.25, 0.3) is 22.7 Å². The Bertz CT molecular complexity index is 1770. The number of hydrogen-bond acceptors (Lipinski definition) is 8. The minimum atomic E-state index is -0.650. The van der Waals surface area contributed by atoms with E-state index in [2.05, 4.69) is 46.6 Å². The van der Waals surface area contributed by atoms with Crippen LogP contribution in [0.1, 0.15) is 66.8 Å². The van der Waals surface area contributed by atoms with Crippen molar-refractivity contribution in [3.8, 4) is 0 Å². The second-order valence-corrected chi connectivity index (χ2v) is 10.4. The van der Waals surface area contributed by atoms with Gasteiger partial charge in [-0.05, 0) is 72.6 Å². The number of rotatable bonds is 6. The highest BCUT2D eigenvalue weighted by molar-refractivity contribution is 5.97. The van der Waals surface area contributed by atoms with E-state index < -0.39 is 16.8 Å².